The van der Waals surface area contributed by atoms with Crippen molar-refractivity contribution in [3.05, 3.63) is 58.7 Å². The van der Waals surface area contributed by atoms with Crippen molar-refractivity contribution >= 4 is 7.60 Å². The summed E-state index contributed by atoms with van der Waals surface area (Å²) in [5.74, 6) is 0.250. The average Bonchev–Trinajstić information content (AvgIpc) is 2.86. The number of rotatable bonds is 7. The summed E-state index contributed by atoms with van der Waals surface area (Å²) in [7, 11) is -3.01. The number of benzene rings is 2. The van der Waals surface area contributed by atoms with Crippen LogP contribution in [0.15, 0.2) is 36.4 Å². The van der Waals surface area contributed by atoms with Gasteiger partial charge in [0.25, 0.3) is 0 Å². The first-order valence-electron chi connectivity index (χ1n) is 9.07. The van der Waals surface area contributed by atoms with Gasteiger partial charge in [-0.3, -0.25) is 4.57 Å². The van der Waals surface area contributed by atoms with Crippen molar-refractivity contribution in [2.45, 2.75) is 40.0 Å². The standard InChI is InChI=1S/C21H27O3P/c1-5-23-25(22,24-6-2)12-11-19-17-9-7-15(3)13-20(17)21-14-16(4)8-10-18(19)21/h7-10,13-14,19H,5-6,11-12H2,1-4H3. The number of aryl methyl sites for hydroxylation is 2. The monoisotopic (exact) mass is 358 g/mol. The molecule has 134 valence electrons. The molecule has 0 aromatic heterocycles. The van der Waals surface area contributed by atoms with Crippen LogP contribution in [0.2, 0.25) is 0 Å². The van der Waals surface area contributed by atoms with Crippen LogP contribution in [0.4, 0.5) is 0 Å². The van der Waals surface area contributed by atoms with Crippen molar-refractivity contribution in [1.29, 1.82) is 0 Å². The van der Waals surface area contributed by atoms with Crippen LogP contribution in [0.5, 0.6) is 0 Å². The van der Waals surface area contributed by atoms with Crippen LogP contribution < -0.4 is 0 Å². The van der Waals surface area contributed by atoms with Gasteiger partial charge in [0.05, 0.1) is 19.4 Å². The van der Waals surface area contributed by atoms with E-state index in [9.17, 15) is 4.57 Å². The normalized spacial score (nSPS) is 13.8. The van der Waals surface area contributed by atoms with Gasteiger partial charge in [0.15, 0.2) is 0 Å². The molecule has 0 saturated carbocycles. The summed E-state index contributed by atoms with van der Waals surface area (Å²) in [6.45, 7) is 8.79. The molecule has 0 saturated heterocycles. The first-order chi connectivity index (χ1) is 12.0. The fourth-order valence-corrected chi connectivity index (χ4v) is 5.43. The maximum absolute atomic E-state index is 12.9. The molecule has 0 bridgehead atoms. The van der Waals surface area contributed by atoms with Crippen LogP contribution in [0.1, 0.15) is 48.4 Å². The Bertz CT molecular complexity index is 751. The lowest BCUT2D eigenvalue weighted by Gasteiger charge is -2.20. The summed E-state index contributed by atoms with van der Waals surface area (Å²) < 4.78 is 23.8. The molecule has 4 heteroatoms. The highest BCUT2D eigenvalue weighted by Gasteiger charge is 2.32. The largest absolute Gasteiger partial charge is 0.330 e. The van der Waals surface area contributed by atoms with Gasteiger partial charge in [-0.15, -0.1) is 0 Å². The number of hydrogen-bond donors (Lipinski definition) is 0. The minimum atomic E-state index is -3.01. The molecule has 0 fully saturated rings. The number of hydrogen-bond acceptors (Lipinski definition) is 3. The lowest BCUT2D eigenvalue weighted by atomic mass is 9.94. The van der Waals surface area contributed by atoms with Crippen LogP contribution in [0.3, 0.4) is 0 Å². The molecule has 1 aliphatic carbocycles. The lowest BCUT2D eigenvalue weighted by molar-refractivity contribution is 0.219. The SMILES string of the molecule is CCOP(=O)(CCC1c2ccc(C)cc2-c2cc(C)ccc21)OCC. The molecule has 0 N–H and O–H groups in total. The van der Waals surface area contributed by atoms with Crippen molar-refractivity contribution in [3.8, 4) is 11.1 Å². The maximum Gasteiger partial charge on any atom is 0.330 e. The Hall–Kier alpha value is -1.41. The topological polar surface area (TPSA) is 35.5 Å². The second kappa shape index (κ2) is 7.45. The minimum Gasteiger partial charge on any atom is -0.309 e. The molecule has 3 rings (SSSR count). The molecular formula is C21H27O3P. The summed E-state index contributed by atoms with van der Waals surface area (Å²) in [5, 5.41) is 0. The molecule has 25 heavy (non-hydrogen) atoms. The summed E-state index contributed by atoms with van der Waals surface area (Å²) in [5.41, 5.74) is 7.80. The van der Waals surface area contributed by atoms with Gasteiger partial charge in [0.1, 0.15) is 0 Å². The smallest absolute Gasteiger partial charge is 0.309 e. The summed E-state index contributed by atoms with van der Waals surface area (Å²) in [6, 6.07) is 13.3. The van der Waals surface area contributed by atoms with Gasteiger partial charge >= 0.3 is 7.60 Å². The summed E-state index contributed by atoms with van der Waals surface area (Å²) in [6.07, 6.45) is 1.21. The zero-order valence-corrected chi connectivity index (χ0v) is 16.4. The Kier molecular flexibility index (Phi) is 5.48. The van der Waals surface area contributed by atoms with E-state index in [1.165, 1.54) is 33.4 Å². The predicted octanol–water partition coefficient (Wildman–Crippen LogP) is 6.07. The van der Waals surface area contributed by atoms with Crippen molar-refractivity contribution in [1.82, 2.24) is 0 Å². The van der Waals surface area contributed by atoms with Crippen molar-refractivity contribution in [2.75, 3.05) is 19.4 Å². The predicted molar refractivity (Wildman–Crippen MR) is 104 cm³/mol. The van der Waals surface area contributed by atoms with Crippen LogP contribution in [0, 0.1) is 13.8 Å². The van der Waals surface area contributed by atoms with E-state index in [2.05, 4.69) is 50.2 Å². The van der Waals surface area contributed by atoms with E-state index in [1.807, 2.05) is 13.8 Å². The van der Waals surface area contributed by atoms with Gasteiger partial charge in [-0.05, 0) is 56.4 Å². The molecule has 2 aromatic carbocycles. The Morgan fingerprint density at radius 3 is 1.80 bits per heavy atom. The van der Waals surface area contributed by atoms with Crippen molar-refractivity contribution in [2.24, 2.45) is 0 Å². The average molecular weight is 358 g/mol. The fraction of sp³-hybridized carbons (Fsp3) is 0.429. The van der Waals surface area contributed by atoms with Crippen molar-refractivity contribution in [3.63, 3.8) is 0 Å². The van der Waals surface area contributed by atoms with E-state index in [0.717, 1.165) is 6.42 Å². The van der Waals surface area contributed by atoms with Crippen LogP contribution in [0.25, 0.3) is 11.1 Å². The number of fused-ring (bicyclic) bond motifs is 3. The van der Waals surface area contributed by atoms with E-state index >= 15 is 0 Å². The van der Waals surface area contributed by atoms with E-state index in [1.54, 1.807) is 0 Å². The minimum absolute atomic E-state index is 0.250. The zero-order valence-electron chi connectivity index (χ0n) is 15.5. The highest BCUT2D eigenvalue weighted by atomic mass is 31.2. The van der Waals surface area contributed by atoms with Crippen LogP contribution >= 0.6 is 7.60 Å². The van der Waals surface area contributed by atoms with Gasteiger partial charge in [-0.25, -0.2) is 0 Å². The van der Waals surface area contributed by atoms with Gasteiger partial charge in [-0.1, -0.05) is 47.5 Å². The third-order valence-electron chi connectivity index (χ3n) is 4.80. The maximum atomic E-state index is 12.9. The highest BCUT2D eigenvalue weighted by Crippen LogP contribution is 2.53. The second-order valence-corrected chi connectivity index (χ2v) is 8.88. The molecule has 0 heterocycles. The first-order valence-corrected chi connectivity index (χ1v) is 10.8. The van der Waals surface area contributed by atoms with Gasteiger partial charge in [-0.2, -0.15) is 0 Å². The first kappa shape index (κ1) is 18.4. The fourth-order valence-electron chi connectivity index (χ4n) is 3.74. The van der Waals surface area contributed by atoms with Crippen molar-refractivity contribution < 1.29 is 13.6 Å². The van der Waals surface area contributed by atoms with Gasteiger partial charge in [0.2, 0.25) is 0 Å². The van der Waals surface area contributed by atoms with E-state index in [-0.39, 0.29) is 5.92 Å². The van der Waals surface area contributed by atoms with E-state index in [4.69, 9.17) is 9.05 Å². The molecule has 0 unspecified atom stereocenters. The molecule has 0 radical (unpaired) electrons. The van der Waals surface area contributed by atoms with Crippen LogP contribution in [-0.2, 0) is 13.6 Å². The van der Waals surface area contributed by atoms with Crippen LogP contribution in [-0.4, -0.2) is 19.4 Å². The Morgan fingerprint density at radius 1 is 0.880 bits per heavy atom. The molecule has 2 aromatic rings. The summed E-state index contributed by atoms with van der Waals surface area (Å²) >= 11 is 0. The Balaban J connectivity index is 1.93. The molecule has 3 nitrogen and oxygen atoms in total. The Morgan fingerprint density at radius 2 is 1.36 bits per heavy atom. The lowest BCUT2D eigenvalue weighted by Crippen LogP contribution is -2.05. The molecule has 1 aliphatic rings. The highest BCUT2D eigenvalue weighted by molar-refractivity contribution is 7.53. The third-order valence-corrected chi connectivity index (χ3v) is 6.91. The van der Waals surface area contributed by atoms with Gasteiger partial charge in [0, 0.05) is 5.92 Å². The molecular weight excluding hydrogens is 331 g/mol. The van der Waals surface area contributed by atoms with E-state index < -0.39 is 7.60 Å². The Labute approximate surface area is 150 Å². The van der Waals surface area contributed by atoms with Gasteiger partial charge < -0.3 is 9.05 Å². The zero-order chi connectivity index (χ0) is 18.0. The quantitative estimate of drug-likeness (QED) is 0.563. The molecule has 0 aliphatic heterocycles. The second-order valence-electron chi connectivity index (χ2n) is 6.69. The third kappa shape index (κ3) is 3.74. The van der Waals surface area contributed by atoms with E-state index in [0.29, 0.717) is 19.4 Å². The summed E-state index contributed by atoms with van der Waals surface area (Å²) in [4.78, 5) is 0. The molecule has 0 spiro atoms. The molecule has 0 amide bonds. The molecule has 0 atom stereocenters.